The van der Waals surface area contributed by atoms with Gasteiger partial charge in [-0.3, -0.25) is 0 Å². The van der Waals surface area contributed by atoms with Crippen molar-refractivity contribution in [2.45, 2.75) is 25.9 Å². The van der Waals surface area contributed by atoms with Gasteiger partial charge >= 0.3 is 5.97 Å². The van der Waals surface area contributed by atoms with Crippen LogP contribution in [0.15, 0.2) is 72.8 Å². The molecule has 2 N–H and O–H groups in total. The predicted octanol–water partition coefficient (Wildman–Crippen LogP) is 6.73. The van der Waals surface area contributed by atoms with Gasteiger partial charge in [0, 0.05) is 10.4 Å². The summed E-state index contributed by atoms with van der Waals surface area (Å²) in [7, 11) is 0. The number of nitrogens with zero attached hydrogens (tertiary/aromatic N) is 1. The Kier molecular flexibility index (Phi) is 6.87. The molecular weight excluding hydrogens is 434 g/mol. The number of aliphatic hydroxyl groups is 1. The number of hydrogen-bond acceptors (Lipinski definition) is 3. The van der Waals surface area contributed by atoms with Crippen molar-refractivity contribution in [3.05, 3.63) is 111 Å². The number of aromatic carboxylic acids is 1. The van der Waals surface area contributed by atoms with E-state index in [0.717, 1.165) is 38.9 Å². The number of aryl methyl sites for hydroxylation is 1. The van der Waals surface area contributed by atoms with E-state index in [1.807, 2.05) is 79.7 Å². The first-order valence-corrected chi connectivity index (χ1v) is 11.1. The topological polar surface area (TPSA) is 70.4 Å². The molecule has 0 aliphatic rings. The highest BCUT2D eigenvalue weighted by Crippen LogP contribution is 2.24. The van der Waals surface area contributed by atoms with Crippen LogP contribution in [0.25, 0.3) is 23.1 Å². The molecule has 0 amide bonds. The maximum Gasteiger partial charge on any atom is 0.335 e. The fraction of sp³-hybridized carbons (Fsp3) is 0.143. The number of fused-ring (bicyclic) bond motifs is 1. The van der Waals surface area contributed by atoms with Crippen molar-refractivity contribution in [3.8, 4) is 0 Å². The van der Waals surface area contributed by atoms with Crippen molar-refractivity contribution in [1.82, 2.24) is 4.98 Å². The monoisotopic (exact) mass is 457 g/mol. The number of carboxylic acid groups (broad SMARTS) is 1. The van der Waals surface area contributed by atoms with Crippen molar-refractivity contribution in [3.63, 3.8) is 0 Å². The van der Waals surface area contributed by atoms with Gasteiger partial charge in [0.1, 0.15) is 0 Å². The Morgan fingerprint density at radius 1 is 1.03 bits per heavy atom. The highest BCUT2D eigenvalue weighted by molar-refractivity contribution is 6.31. The number of benzene rings is 3. The summed E-state index contributed by atoms with van der Waals surface area (Å²) in [5.74, 6) is -0.945. The Morgan fingerprint density at radius 3 is 2.64 bits per heavy atom. The van der Waals surface area contributed by atoms with Crippen molar-refractivity contribution < 1.29 is 15.0 Å². The lowest BCUT2D eigenvalue weighted by molar-refractivity contribution is 0.0695. The molecular formula is C28H24ClNO3. The largest absolute Gasteiger partial charge is 0.478 e. The molecule has 0 spiro atoms. The summed E-state index contributed by atoms with van der Waals surface area (Å²) >= 11 is 6.08. The van der Waals surface area contributed by atoms with Crippen molar-refractivity contribution in [2.24, 2.45) is 0 Å². The fourth-order valence-corrected chi connectivity index (χ4v) is 4.10. The van der Waals surface area contributed by atoms with Gasteiger partial charge in [-0.15, -0.1) is 0 Å². The maximum atomic E-state index is 11.5. The van der Waals surface area contributed by atoms with Gasteiger partial charge in [-0.05, 0) is 78.4 Å². The van der Waals surface area contributed by atoms with E-state index in [1.54, 1.807) is 12.1 Å². The molecule has 1 atom stereocenters. The summed E-state index contributed by atoms with van der Waals surface area (Å²) in [5.41, 5.74) is 5.37. The van der Waals surface area contributed by atoms with Crippen LogP contribution in [0.2, 0.25) is 5.02 Å². The molecule has 0 bridgehead atoms. The third kappa shape index (κ3) is 5.48. The lowest BCUT2D eigenvalue weighted by atomic mass is 9.94. The van der Waals surface area contributed by atoms with E-state index in [0.29, 0.717) is 23.4 Å². The smallest absolute Gasteiger partial charge is 0.335 e. The first-order chi connectivity index (χ1) is 15.9. The van der Waals surface area contributed by atoms with Gasteiger partial charge in [-0.25, -0.2) is 9.78 Å². The second-order valence-corrected chi connectivity index (χ2v) is 8.47. The van der Waals surface area contributed by atoms with Crippen LogP contribution in [0, 0.1) is 6.92 Å². The molecule has 0 fully saturated rings. The summed E-state index contributed by atoms with van der Waals surface area (Å²) in [5, 5.41) is 21.9. The van der Waals surface area contributed by atoms with E-state index in [-0.39, 0.29) is 0 Å². The number of carboxylic acids is 1. The summed E-state index contributed by atoms with van der Waals surface area (Å²) in [6.07, 6.45) is 4.11. The Bertz CT molecular complexity index is 1350. The molecule has 0 radical (unpaired) electrons. The van der Waals surface area contributed by atoms with Gasteiger partial charge in [0.05, 0.1) is 22.9 Å². The number of rotatable bonds is 7. The Morgan fingerprint density at radius 2 is 1.82 bits per heavy atom. The number of aromatic nitrogens is 1. The molecule has 5 heteroatoms. The molecule has 166 valence electrons. The highest BCUT2D eigenvalue weighted by Gasteiger charge is 2.15. The molecule has 4 nitrogen and oxygen atoms in total. The molecule has 0 aliphatic heterocycles. The molecule has 4 rings (SSSR count). The molecule has 0 aliphatic carbocycles. The summed E-state index contributed by atoms with van der Waals surface area (Å²) in [6, 6.07) is 22.5. The van der Waals surface area contributed by atoms with Crippen molar-refractivity contribution >= 4 is 40.6 Å². The summed E-state index contributed by atoms with van der Waals surface area (Å²) < 4.78 is 0. The molecule has 0 saturated heterocycles. The van der Waals surface area contributed by atoms with Crippen molar-refractivity contribution in [2.75, 3.05) is 0 Å². The third-order valence-corrected chi connectivity index (χ3v) is 5.96. The van der Waals surface area contributed by atoms with Crippen molar-refractivity contribution in [1.29, 1.82) is 0 Å². The molecule has 1 heterocycles. The quantitative estimate of drug-likeness (QED) is 0.322. The maximum absolute atomic E-state index is 11.5. The first-order valence-electron chi connectivity index (χ1n) is 10.7. The van der Waals surface area contributed by atoms with E-state index in [4.69, 9.17) is 11.6 Å². The third-order valence-electron chi connectivity index (χ3n) is 5.73. The van der Waals surface area contributed by atoms with Crippen LogP contribution in [0.5, 0.6) is 0 Å². The SMILES string of the molecule is Cc1cccc(C(=O)O)c1CCC(O)c1cccc(C=Cc2ccc3ccc(Cl)cc3n2)c1. The number of halogens is 1. The minimum absolute atomic E-state index is 0.294. The number of hydrogen-bond donors (Lipinski definition) is 2. The van der Waals surface area contributed by atoms with Crippen LogP contribution >= 0.6 is 11.6 Å². The van der Waals surface area contributed by atoms with E-state index < -0.39 is 12.1 Å². The molecule has 1 unspecified atom stereocenters. The zero-order valence-electron chi connectivity index (χ0n) is 18.2. The average Bonchev–Trinajstić information content (AvgIpc) is 2.81. The zero-order valence-corrected chi connectivity index (χ0v) is 19.0. The normalized spacial score (nSPS) is 12.3. The molecule has 1 aromatic heterocycles. The van der Waals surface area contributed by atoms with Crippen LogP contribution < -0.4 is 0 Å². The second kappa shape index (κ2) is 9.99. The van der Waals surface area contributed by atoms with Gasteiger partial charge in [0.25, 0.3) is 0 Å². The standard InChI is InChI=1S/C28H24ClNO3/c1-18-4-2-7-25(28(32)33)24(18)14-15-27(31)21-6-3-5-19(16-21)8-12-23-13-10-20-9-11-22(29)17-26(20)30-23/h2-13,16-17,27,31H,14-15H2,1H3,(H,32,33). The van der Waals surface area contributed by atoms with E-state index in [2.05, 4.69) is 4.98 Å². The predicted molar refractivity (Wildman–Crippen MR) is 134 cm³/mol. The van der Waals surface area contributed by atoms with Crippen LogP contribution in [0.4, 0.5) is 0 Å². The molecule has 4 aromatic rings. The summed E-state index contributed by atoms with van der Waals surface area (Å²) in [4.78, 5) is 16.2. The lowest BCUT2D eigenvalue weighted by Gasteiger charge is -2.14. The van der Waals surface area contributed by atoms with Gasteiger partial charge in [-0.1, -0.05) is 60.1 Å². The van der Waals surface area contributed by atoms with Gasteiger partial charge in [0.15, 0.2) is 0 Å². The minimum Gasteiger partial charge on any atom is -0.478 e. The first kappa shape index (κ1) is 22.7. The van der Waals surface area contributed by atoms with Crippen LogP contribution in [-0.2, 0) is 6.42 Å². The number of carbonyl (C=O) groups is 1. The van der Waals surface area contributed by atoms with Gasteiger partial charge in [0.2, 0.25) is 0 Å². The molecule has 3 aromatic carbocycles. The Labute approximate surface area is 197 Å². The van der Waals surface area contributed by atoms with Crippen LogP contribution in [0.3, 0.4) is 0 Å². The summed E-state index contributed by atoms with van der Waals surface area (Å²) in [6.45, 7) is 1.90. The highest BCUT2D eigenvalue weighted by atomic mass is 35.5. The Hall–Kier alpha value is -3.47. The van der Waals surface area contributed by atoms with Gasteiger partial charge < -0.3 is 10.2 Å². The lowest BCUT2D eigenvalue weighted by Crippen LogP contribution is -2.07. The minimum atomic E-state index is -0.945. The molecule has 33 heavy (non-hydrogen) atoms. The fourth-order valence-electron chi connectivity index (χ4n) is 3.93. The van der Waals surface area contributed by atoms with Crippen LogP contribution in [0.1, 0.15) is 50.8 Å². The zero-order chi connectivity index (χ0) is 23.4. The Balaban J connectivity index is 1.48. The van der Waals surface area contributed by atoms with E-state index in [9.17, 15) is 15.0 Å². The second-order valence-electron chi connectivity index (χ2n) is 8.04. The number of aliphatic hydroxyl groups excluding tert-OH is 1. The van der Waals surface area contributed by atoms with Gasteiger partial charge in [-0.2, -0.15) is 0 Å². The number of pyridine rings is 1. The van der Waals surface area contributed by atoms with E-state index >= 15 is 0 Å². The average molecular weight is 458 g/mol. The van der Waals surface area contributed by atoms with Crippen LogP contribution in [-0.4, -0.2) is 21.2 Å². The molecule has 0 saturated carbocycles. The van der Waals surface area contributed by atoms with E-state index in [1.165, 1.54) is 0 Å².